The highest BCUT2D eigenvalue weighted by Crippen LogP contribution is 2.30. The zero-order chi connectivity index (χ0) is 15.6. The van der Waals surface area contributed by atoms with E-state index >= 15 is 0 Å². The molecule has 2 aromatic rings. The Morgan fingerprint density at radius 2 is 2.00 bits per heavy atom. The molecule has 0 amide bonds. The molecule has 1 aromatic carbocycles. The number of nitrogens with one attached hydrogen (secondary N) is 1. The van der Waals surface area contributed by atoms with E-state index in [4.69, 9.17) is 0 Å². The average molecular weight is 305 g/mol. The van der Waals surface area contributed by atoms with E-state index in [1.165, 1.54) is 10.7 Å². The maximum Gasteiger partial charge on any atom is 0.416 e. The number of hydrogen-bond acceptors (Lipinski definition) is 2. The zero-order valence-electron chi connectivity index (χ0n) is 11.6. The quantitative estimate of drug-likeness (QED) is 0.902. The standard InChI is InChI=1S/C16H14F3N3/c17-16(18,19)12-5-4-8-14(11-12)22-10-9-15(21-22)20-13-6-2-1-3-7-13/h2,4-11H,1,3H2,(H,20,21). The van der Waals surface area contributed by atoms with Gasteiger partial charge in [-0.2, -0.15) is 18.3 Å². The number of nitrogens with zero attached hydrogens (tertiary/aromatic N) is 2. The van der Waals surface area contributed by atoms with Crippen LogP contribution < -0.4 is 5.32 Å². The van der Waals surface area contributed by atoms with Crippen molar-refractivity contribution in [3.8, 4) is 5.69 Å². The monoisotopic (exact) mass is 305 g/mol. The number of halogens is 3. The first-order valence-electron chi connectivity index (χ1n) is 6.89. The van der Waals surface area contributed by atoms with Crippen LogP contribution in [0, 0.1) is 0 Å². The lowest BCUT2D eigenvalue weighted by Crippen LogP contribution is -2.06. The summed E-state index contributed by atoms with van der Waals surface area (Å²) in [7, 11) is 0. The molecule has 22 heavy (non-hydrogen) atoms. The predicted molar refractivity (Wildman–Crippen MR) is 78.6 cm³/mol. The first kappa shape index (κ1) is 14.4. The molecule has 0 fully saturated rings. The van der Waals surface area contributed by atoms with Crippen LogP contribution in [-0.2, 0) is 6.18 Å². The summed E-state index contributed by atoms with van der Waals surface area (Å²) in [6, 6.07) is 6.81. The van der Waals surface area contributed by atoms with Crippen molar-refractivity contribution in [2.45, 2.75) is 19.0 Å². The first-order chi connectivity index (χ1) is 10.5. The second-order valence-corrected chi connectivity index (χ2v) is 4.96. The molecule has 0 atom stereocenters. The second kappa shape index (κ2) is 5.71. The zero-order valence-corrected chi connectivity index (χ0v) is 11.6. The van der Waals surface area contributed by atoms with E-state index in [1.807, 2.05) is 6.08 Å². The van der Waals surface area contributed by atoms with Crippen molar-refractivity contribution in [1.82, 2.24) is 9.78 Å². The molecule has 6 heteroatoms. The number of anilines is 1. The summed E-state index contributed by atoms with van der Waals surface area (Å²) >= 11 is 0. The summed E-state index contributed by atoms with van der Waals surface area (Å²) in [6.45, 7) is 0. The predicted octanol–water partition coefficient (Wildman–Crippen LogP) is 4.54. The molecule has 3 nitrogen and oxygen atoms in total. The maximum absolute atomic E-state index is 12.7. The third kappa shape index (κ3) is 3.21. The molecule has 0 spiro atoms. The fraction of sp³-hybridized carbons (Fsp3) is 0.188. The van der Waals surface area contributed by atoms with Crippen LogP contribution in [0.2, 0.25) is 0 Å². The molecular weight excluding hydrogens is 291 g/mol. The molecule has 0 saturated carbocycles. The number of hydrogen-bond donors (Lipinski definition) is 1. The Kier molecular flexibility index (Phi) is 3.75. The van der Waals surface area contributed by atoms with Gasteiger partial charge in [-0.15, -0.1) is 0 Å². The molecule has 1 aromatic heterocycles. The van der Waals surface area contributed by atoms with Crippen LogP contribution >= 0.6 is 0 Å². The normalized spacial score (nSPS) is 14.8. The van der Waals surface area contributed by atoms with Gasteiger partial charge in [-0.3, -0.25) is 0 Å². The van der Waals surface area contributed by atoms with Gasteiger partial charge in [-0.25, -0.2) is 4.68 Å². The van der Waals surface area contributed by atoms with E-state index in [0.29, 0.717) is 11.5 Å². The van der Waals surface area contributed by atoms with E-state index in [2.05, 4.69) is 22.6 Å². The Morgan fingerprint density at radius 3 is 2.73 bits per heavy atom. The number of aromatic nitrogens is 2. The van der Waals surface area contributed by atoms with Crippen LogP contribution in [-0.4, -0.2) is 9.78 Å². The lowest BCUT2D eigenvalue weighted by molar-refractivity contribution is -0.137. The van der Waals surface area contributed by atoms with Crippen LogP contribution in [0.15, 0.2) is 60.5 Å². The van der Waals surface area contributed by atoms with Crippen LogP contribution in [0.4, 0.5) is 19.0 Å². The lowest BCUT2D eigenvalue weighted by atomic mass is 10.1. The number of allylic oxidation sites excluding steroid dienone is 3. The van der Waals surface area contributed by atoms with Crippen molar-refractivity contribution >= 4 is 5.82 Å². The summed E-state index contributed by atoms with van der Waals surface area (Å²) < 4.78 is 39.6. The number of rotatable bonds is 3. The Balaban J connectivity index is 1.82. The van der Waals surface area contributed by atoms with Gasteiger partial charge in [-0.05, 0) is 37.1 Å². The van der Waals surface area contributed by atoms with Crippen molar-refractivity contribution in [3.05, 3.63) is 66.0 Å². The highest BCUT2D eigenvalue weighted by atomic mass is 19.4. The molecule has 0 saturated heterocycles. The minimum Gasteiger partial charge on any atom is -0.339 e. The van der Waals surface area contributed by atoms with Gasteiger partial charge in [0.15, 0.2) is 5.82 Å². The minimum absolute atomic E-state index is 0.371. The van der Waals surface area contributed by atoms with Gasteiger partial charge in [0.2, 0.25) is 0 Å². The fourth-order valence-electron chi connectivity index (χ4n) is 2.21. The van der Waals surface area contributed by atoms with Crippen molar-refractivity contribution in [2.24, 2.45) is 0 Å². The van der Waals surface area contributed by atoms with Gasteiger partial charge in [0, 0.05) is 18.0 Å². The largest absolute Gasteiger partial charge is 0.416 e. The lowest BCUT2D eigenvalue weighted by Gasteiger charge is -2.09. The highest BCUT2D eigenvalue weighted by Gasteiger charge is 2.30. The van der Waals surface area contributed by atoms with Gasteiger partial charge < -0.3 is 5.32 Å². The van der Waals surface area contributed by atoms with Gasteiger partial charge in [0.25, 0.3) is 0 Å². The van der Waals surface area contributed by atoms with Gasteiger partial charge in [0.1, 0.15) is 0 Å². The topological polar surface area (TPSA) is 29.9 Å². The molecule has 3 rings (SSSR count). The Hall–Kier alpha value is -2.50. The third-order valence-electron chi connectivity index (χ3n) is 3.29. The van der Waals surface area contributed by atoms with Gasteiger partial charge in [0.05, 0.1) is 11.3 Å². The van der Waals surface area contributed by atoms with Gasteiger partial charge >= 0.3 is 6.18 Å². The Bertz CT molecular complexity index is 726. The van der Waals surface area contributed by atoms with Crippen LogP contribution in [0.25, 0.3) is 5.69 Å². The Morgan fingerprint density at radius 1 is 1.14 bits per heavy atom. The molecule has 114 valence electrons. The van der Waals surface area contributed by atoms with E-state index in [1.54, 1.807) is 18.3 Å². The molecular formula is C16H14F3N3. The summed E-state index contributed by atoms with van der Waals surface area (Å²) in [5, 5.41) is 7.40. The summed E-state index contributed by atoms with van der Waals surface area (Å²) in [5.41, 5.74) is 0.629. The molecule has 0 radical (unpaired) electrons. The molecule has 1 N–H and O–H groups in total. The molecule has 1 aliphatic rings. The SMILES string of the molecule is FC(F)(F)c1cccc(-n2ccc(NC3=CCCC=C3)n2)c1. The molecule has 0 unspecified atom stereocenters. The maximum atomic E-state index is 12.7. The van der Waals surface area contributed by atoms with Gasteiger partial charge in [-0.1, -0.05) is 18.2 Å². The first-order valence-corrected chi connectivity index (χ1v) is 6.89. The molecule has 0 aliphatic heterocycles. The highest BCUT2D eigenvalue weighted by molar-refractivity contribution is 5.47. The third-order valence-corrected chi connectivity index (χ3v) is 3.29. The van der Waals surface area contributed by atoms with Crippen molar-refractivity contribution in [2.75, 3.05) is 5.32 Å². The summed E-state index contributed by atoms with van der Waals surface area (Å²) in [6.07, 6.45) is 5.34. The van der Waals surface area contributed by atoms with Crippen LogP contribution in [0.1, 0.15) is 18.4 Å². The van der Waals surface area contributed by atoms with E-state index < -0.39 is 11.7 Å². The van der Waals surface area contributed by atoms with E-state index in [9.17, 15) is 13.2 Å². The van der Waals surface area contributed by atoms with Crippen molar-refractivity contribution in [3.63, 3.8) is 0 Å². The van der Waals surface area contributed by atoms with E-state index in [-0.39, 0.29) is 0 Å². The van der Waals surface area contributed by atoms with Crippen LogP contribution in [0.5, 0.6) is 0 Å². The molecule has 1 heterocycles. The fourth-order valence-corrected chi connectivity index (χ4v) is 2.21. The van der Waals surface area contributed by atoms with E-state index in [0.717, 1.165) is 30.7 Å². The minimum atomic E-state index is -4.36. The number of benzene rings is 1. The molecule has 1 aliphatic carbocycles. The second-order valence-electron chi connectivity index (χ2n) is 4.96. The van der Waals surface area contributed by atoms with Crippen molar-refractivity contribution < 1.29 is 13.2 Å². The number of alkyl halides is 3. The summed E-state index contributed by atoms with van der Waals surface area (Å²) in [5.74, 6) is 0.593. The smallest absolute Gasteiger partial charge is 0.339 e. The molecule has 0 bridgehead atoms. The van der Waals surface area contributed by atoms with Crippen LogP contribution in [0.3, 0.4) is 0 Å². The Labute approximate surface area is 125 Å². The average Bonchev–Trinajstić information content (AvgIpc) is 2.96. The van der Waals surface area contributed by atoms with Crippen molar-refractivity contribution in [1.29, 1.82) is 0 Å². The summed E-state index contributed by atoms with van der Waals surface area (Å²) in [4.78, 5) is 0.